The summed E-state index contributed by atoms with van der Waals surface area (Å²) in [7, 11) is 0. The fourth-order valence-corrected chi connectivity index (χ4v) is 5.75. The molecule has 0 unspecified atom stereocenters. The van der Waals surface area contributed by atoms with E-state index in [0.29, 0.717) is 34.8 Å². The highest BCUT2D eigenvalue weighted by Gasteiger charge is 2.44. The molecule has 0 bridgehead atoms. The average molecular weight is 682 g/mol. The molecule has 2 atom stereocenters. The minimum atomic E-state index is -5.09. The number of halogens is 7. The summed E-state index contributed by atoms with van der Waals surface area (Å²) in [5, 5.41) is 9.19. The molecule has 0 radical (unpaired) electrons. The normalized spacial score (nSPS) is 19.7. The average Bonchev–Trinajstić information content (AvgIpc) is 3.75. The van der Waals surface area contributed by atoms with Gasteiger partial charge in [0.25, 0.3) is 0 Å². The van der Waals surface area contributed by atoms with Gasteiger partial charge in [0.05, 0.1) is 35.5 Å². The lowest BCUT2D eigenvalue weighted by atomic mass is 9.96. The van der Waals surface area contributed by atoms with Gasteiger partial charge in [-0.3, -0.25) is 9.69 Å². The van der Waals surface area contributed by atoms with Crippen LogP contribution in [0.25, 0.3) is 11.1 Å². The highest BCUT2D eigenvalue weighted by molar-refractivity contribution is 5.76. The third-order valence-corrected chi connectivity index (χ3v) is 8.66. The smallest absolute Gasteiger partial charge is 0.416 e. The molecule has 48 heavy (non-hydrogen) atoms. The third kappa shape index (κ3) is 6.99. The number of alkyl halides is 6. The minimum absolute atomic E-state index is 0.00883. The Kier molecular flexibility index (Phi) is 8.66. The van der Waals surface area contributed by atoms with E-state index >= 15 is 4.39 Å². The number of carbonyl (C=O) groups excluding carboxylic acids is 1. The molecule has 6 rings (SSSR count). The number of benzene rings is 2. The molecule has 256 valence electrons. The molecule has 8 nitrogen and oxygen atoms in total. The quantitative estimate of drug-likeness (QED) is 0.219. The van der Waals surface area contributed by atoms with E-state index < -0.39 is 59.1 Å². The monoisotopic (exact) mass is 681 g/mol. The first-order chi connectivity index (χ1) is 22.6. The molecule has 2 aliphatic heterocycles. The van der Waals surface area contributed by atoms with E-state index in [9.17, 15) is 41.0 Å². The van der Waals surface area contributed by atoms with Crippen molar-refractivity contribution in [2.24, 2.45) is 0 Å². The zero-order valence-corrected chi connectivity index (χ0v) is 25.5. The van der Waals surface area contributed by atoms with E-state index in [-0.39, 0.29) is 42.9 Å². The molecule has 3 aliphatic rings. The van der Waals surface area contributed by atoms with Crippen LogP contribution in [0.15, 0.2) is 42.5 Å². The summed E-state index contributed by atoms with van der Waals surface area (Å²) in [4.78, 5) is 32.4. The number of carboxylic acids is 1. The van der Waals surface area contributed by atoms with E-state index in [0.717, 1.165) is 32.4 Å². The van der Waals surface area contributed by atoms with Gasteiger partial charge in [-0.15, -0.1) is 0 Å². The van der Waals surface area contributed by atoms with Crippen molar-refractivity contribution >= 4 is 17.9 Å². The molecule has 15 heteroatoms. The van der Waals surface area contributed by atoms with Crippen LogP contribution in [0.2, 0.25) is 0 Å². The Morgan fingerprint density at radius 3 is 2.23 bits per heavy atom. The number of ether oxygens (including phenoxy) is 2. The van der Waals surface area contributed by atoms with E-state index in [1.807, 2.05) is 4.90 Å². The number of carboxylic acid groups (broad SMARTS) is 1. The molecule has 3 aromatic rings. The summed E-state index contributed by atoms with van der Waals surface area (Å²) in [6.07, 6.45) is -10.8. The lowest BCUT2D eigenvalue weighted by Gasteiger charge is -2.33. The predicted octanol–water partition coefficient (Wildman–Crippen LogP) is 7.78. The number of aliphatic carboxylic acids is 1. The number of hydrogen-bond donors (Lipinski definition) is 1. The maximum Gasteiger partial charge on any atom is 0.416 e. The number of cyclic esters (lactones) is 1. The summed E-state index contributed by atoms with van der Waals surface area (Å²) in [6, 6.07) is 6.20. The fourth-order valence-electron chi connectivity index (χ4n) is 5.75. The number of aryl methyl sites for hydroxylation is 1. The maximum absolute atomic E-state index is 15.1. The number of pyridine rings is 1. The van der Waals surface area contributed by atoms with Crippen molar-refractivity contribution in [2.75, 3.05) is 18.0 Å². The lowest BCUT2D eigenvalue weighted by Crippen LogP contribution is -2.38. The second kappa shape index (κ2) is 12.5. The number of nitrogens with zero attached hydrogens (tertiary/aromatic N) is 3. The first kappa shape index (κ1) is 33.3. The van der Waals surface area contributed by atoms with E-state index in [1.54, 1.807) is 12.1 Å². The summed E-state index contributed by atoms with van der Waals surface area (Å²) >= 11 is 0. The van der Waals surface area contributed by atoms with Crippen molar-refractivity contribution in [2.45, 2.75) is 76.2 Å². The van der Waals surface area contributed by atoms with Crippen molar-refractivity contribution < 1.29 is 54.9 Å². The molecule has 3 heterocycles. The van der Waals surface area contributed by atoms with Crippen molar-refractivity contribution in [3.05, 3.63) is 76.2 Å². The van der Waals surface area contributed by atoms with Gasteiger partial charge in [-0.1, -0.05) is 0 Å². The van der Waals surface area contributed by atoms with Crippen LogP contribution in [0.5, 0.6) is 5.75 Å². The number of anilines is 1. The first-order valence-electron chi connectivity index (χ1n) is 15.3. The Bertz CT molecular complexity index is 1710. The van der Waals surface area contributed by atoms with Crippen molar-refractivity contribution in [1.82, 2.24) is 9.88 Å². The highest BCUT2D eigenvalue weighted by atomic mass is 19.4. The highest BCUT2D eigenvalue weighted by Crippen LogP contribution is 2.43. The predicted molar refractivity (Wildman–Crippen MR) is 157 cm³/mol. The van der Waals surface area contributed by atoms with Crippen LogP contribution in [0, 0.1) is 5.82 Å². The lowest BCUT2D eigenvalue weighted by molar-refractivity contribution is -0.143. The third-order valence-electron chi connectivity index (χ3n) is 8.66. The van der Waals surface area contributed by atoms with Gasteiger partial charge in [-0.25, -0.2) is 14.2 Å². The van der Waals surface area contributed by atoms with Crippen molar-refractivity contribution in [3.63, 3.8) is 0 Å². The van der Waals surface area contributed by atoms with Crippen molar-refractivity contribution in [3.8, 4) is 16.9 Å². The maximum atomic E-state index is 15.1. The van der Waals surface area contributed by atoms with Gasteiger partial charge in [0.15, 0.2) is 0 Å². The standard InChI is InChI=1S/C33H30F7N3O5/c1-17-30(19-11-20(32(35,36)37)14-21(12-19)33(38,39)40)48-31(46)43(17)16-26-23(6-7-28(41-26)42-9-2-10-42)24-13-18(3-8-29(44)45)25(34)15-27(24)47-22-4-5-22/h6-7,11-15,17,22,30H,2-5,8-10,16H2,1H3,(H,44,45)/t17-,30-/m0/s1. The van der Waals surface area contributed by atoms with Gasteiger partial charge in [0.1, 0.15) is 23.5 Å². The number of rotatable bonds is 10. The Hall–Kier alpha value is -4.56. The number of carbonyl (C=O) groups is 2. The number of amides is 1. The molecule has 1 aromatic heterocycles. The van der Waals surface area contributed by atoms with Gasteiger partial charge in [-0.05, 0) is 80.1 Å². The van der Waals surface area contributed by atoms with Gasteiger partial charge < -0.3 is 19.5 Å². The van der Waals surface area contributed by atoms with Crippen molar-refractivity contribution in [1.29, 1.82) is 0 Å². The molecule has 2 saturated heterocycles. The molecule has 1 saturated carbocycles. The zero-order valence-electron chi connectivity index (χ0n) is 25.5. The van der Waals surface area contributed by atoms with Crippen LogP contribution in [-0.2, 0) is 34.8 Å². The molecule has 1 amide bonds. The molecule has 1 aliphatic carbocycles. The minimum Gasteiger partial charge on any atom is -0.490 e. The molecular formula is C33H30F7N3O5. The summed E-state index contributed by atoms with van der Waals surface area (Å²) in [5.74, 6) is -1.01. The van der Waals surface area contributed by atoms with Gasteiger partial charge in [0.2, 0.25) is 0 Å². The molecule has 0 spiro atoms. The largest absolute Gasteiger partial charge is 0.490 e. The van der Waals surface area contributed by atoms with Gasteiger partial charge in [-0.2, -0.15) is 26.3 Å². The summed E-state index contributed by atoms with van der Waals surface area (Å²) < 4.78 is 108. The Balaban J connectivity index is 1.39. The molecule has 3 fully saturated rings. The molecule has 1 N–H and O–H groups in total. The second-order valence-electron chi connectivity index (χ2n) is 12.2. The fraction of sp³-hybridized carbons (Fsp3) is 0.424. The van der Waals surface area contributed by atoms with E-state index in [2.05, 4.69) is 0 Å². The van der Waals surface area contributed by atoms with E-state index in [1.165, 1.54) is 24.0 Å². The molecular weight excluding hydrogens is 651 g/mol. The Morgan fingerprint density at radius 2 is 1.67 bits per heavy atom. The van der Waals surface area contributed by atoms with Crippen LogP contribution in [0.4, 0.5) is 41.3 Å². The second-order valence-corrected chi connectivity index (χ2v) is 12.2. The van der Waals surface area contributed by atoms with Gasteiger partial charge >= 0.3 is 24.4 Å². The first-order valence-corrected chi connectivity index (χ1v) is 15.3. The van der Waals surface area contributed by atoms with Gasteiger partial charge in [0, 0.05) is 36.7 Å². The Labute approximate surface area is 270 Å². The van der Waals surface area contributed by atoms with Crippen LogP contribution < -0.4 is 9.64 Å². The number of hydrogen-bond acceptors (Lipinski definition) is 6. The zero-order chi connectivity index (χ0) is 34.5. The topological polar surface area (TPSA) is 92.2 Å². The van der Waals surface area contributed by atoms with Crippen LogP contribution in [0.3, 0.4) is 0 Å². The Morgan fingerprint density at radius 1 is 1.00 bits per heavy atom. The molecule has 2 aromatic carbocycles. The summed E-state index contributed by atoms with van der Waals surface area (Å²) in [5.41, 5.74) is -2.30. The van der Waals surface area contributed by atoms with Crippen LogP contribution in [-0.4, -0.2) is 52.3 Å². The summed E-state index contributed by atoms with van der Waals surface area (Å²) in [6.45, 7) is 2.63. The van der Waals surface area contributed by atoms with Crippen LogP contribution in [0.1, 0.15) is 66.7 Å². The number of aromatic nitrogens is 1. The van der Waals surface area contributed by atoms with Crippen LogP contribution >= 0.6 is 0 Å². The SMILES string of the molecule is C[C@H]1[C@@H](c2cc(C(F)(F)F)cc(C(F)(F)F)c2)OC(=O)N1Cc1nc(N2CCC2)ccc1-c1cc(CCC(=O)O)c(F)cc1OC1CC1. The van der Waals surface area contributed by atoms with E-state index in [4.69, 9.17) is 14.5 Å².